The molecule has 2 aromatic heterocycles. The molecule has 0 saturated carbocycles. The average molecular weight is 619 g/mol. The number of ketones is 1. The maximum atomic E-state index is 13.2. The second-order valence-electron chi connectivity index (χ2n) is 11.2. The lowest BCUT2D eigenvalue weighted by molar-refractivity contribution is -0.295. The molecule has 2 aliphatic rings. The number of ether oxygens (including phenoxy) is 1. The second kappa shape index (κ2) is 11.5. The van der Waals surface area contributed by atoms with Gasteiger partial charge in [-0.25, -0.2) is 0 Å². The van der Waals surface area contributed by atoms with Gasteiger partial charge in [0.05, 0.1) is 22.2 Å². The van der Waals surface area contributed by atoms with Crippen molar-refractivity contribution in [1.82, 2.24) is 4.57 Å². The summed E-state index contributed by atoms with van der Waals surface area (Å²) in [7, 11) is 0. The van der Waals surface area contributed by atoms with Gasteiger partial charge in [-0.15, -0.1) is 11.3 Å². The molecule has 0 bridgehead atoms. The van der Waals surface area contributed by atoms with E-state index in [-0.39, 0.29) is 44.0 Å². The van der Waals surface area contributed by atoms with Gasteiger partial charge < -0.3 is 14.7 Å². The highest BCUT2D eigenvalue weighted by molar-refractivity contribution is 7.08. The number of Topliss-reactive ketones (excluding diaryl/α,β-unsaturated/α-hetero) is 1. The van der Waals surface area contributed by atoms with Crippen LogP contribution in [0.4, 0.5) is 5.69 Å². The van der Waals surface area contributed by atoms with Gasteiger partial charge in [0.25, 0.3) is 0 Å². The third-order valence-corrected chi connectivity index (χ3v) is 9.39. The van der Waals surface area contributed by atoms with Crippen LogP contribution in [0.15, 0.2) is 98.0 Å². The topological polar surface area (TPSA) is 103 Å². The van der Waals surface area contributed by atoms with Gasteiger partial charge in [0.1, 0.15) is 0 Å². The summed E-state index contributed by atoms with van der Waals surface area (Å²) in [6, 6.07) is 18.5. The van der Waals surface area contributed by atoms with E-state index in [1.165, 1.54) is 12.2 Å². The normalized spacial score (nSPS) is 16.5. The second-order valence-corrected chi connectivity index (χ2v) is 12.3. The summed E-state index contributed by atoms with van der Waals surface area (Å²) in [6.07, 6.45) is 6.86. The van der Waals surface area contributed by atoms with Gasteiger partial charge in [-0.05, 0) is 43.2 Å². The van der Waals surface area contributed by atoms with Crippen LogP contribution in [-0.4, -0.2) is 16.9 Å². The lowest BCUT2D eigenvalue weighted by atomic mass is 9.88. The minimum Gasteiger partial charge on any atom is -0.871 e. The highest BCUT2D eigenvalue weighted by Crippen LogP contribution is 2.40. The van der Waals surface area contributed by atoms with Gasteiger partial charge in [-0.1, -0.05) is 56.7 Å². The fraction of sp³-hybridized carbons (Fsp3) is 0.222. The number of hydrogen-bond acceptors (Lipinski definition) is 7. The number of carbonyl (C=O) groups is 1. The standard InChI is InChI=1S/C36H30N2O6S/c1-3-5-17-37-23-11-7-9-13-25(23)43-29(37)19-21-33(39)31(34(21)40)27-15-16-28(45-27)32-35(41)22(36(32)42)20-30-38(18-6-4-2)24-12-8-10-14-26(24)44-30/h7-16,19-20H,3-6,17-18H2,1-2H3. The summed E-state index contributed by atoms with van der Waals surface area (Å²) >= 11 is 1.10. The number of para-hydroxylation sites is 4. The van der Waals surface area contributed by atoms with Crippen LogP contribution in [0.3, 0.4) is 0 Å². The molecular formula is C36H30N2O6S. The number of nitrogens with zero attached hydrogens (tertiary/aromatic N) is 2. The van der Waals surface area contributed by atoms with Crippen molar-refractivity contribution in [2.75, 3.05) is 11.4 Å². The Morgan fingerprint density at radius 1 is 0.867 bits per heavy atom. The van der Waals surface area contributed by atoms with Crippen LogP contribution in [0, 0.1) is 9.75 Å². The number of hydrogen-bond donors (Lipinski definition) is 0. The number of thiophene rings is 1. The van der Waals surface area contributed by atoms with Crippen LogP contribution >= 0.6 is 11.3 Å². The fourth-order valence-corrected chi connectivity index (χ4v) is 6.89. The van der Waals surface area contributed by atoms with E-state index in [1.54, 1.807) is 12.1 Å². The molecule has 8 nitrogen and oxygen atoms in total. The molecule has 226 valence electrons. The SMILES string of the molecule is CCCCN1C(=CC2=C([O-])C(=c3ccc(=c4c(=O)c(=Cc5[o+]c6ccccc6n5CCCC)c4=O)s3)C2=O)Oc2ccccc21. The number of aryl methyl sites for hydroxylation is 1. The third kappa shape index (κ3) is 4.75. The highest BCUT2D eigenvalue weighted by Gasteiger charge is 2.31. The Balaban J connectivity index is 1.26. The van der Waals surface area contributed by atoms with Gasteiger partial charge in [0.2, 0.25) is 16.7 Å². The molecule has 0 amide bonds. The van der Waals surface area contributed by atoms with Crippen molar-refractivity contribution in [3.8, 4) is 5.75 Å². The number of fused-ring (bicyclic) bond motifs is 2. The van der Waals surface area contributed by atoms with E-state index in [4.69, 9.17) is 9.15 Å². The first kappa shape index (κ1) is 28.7. The van der Waals surface area contributed by atoms with Crippen molar-refractivity contribution in [3.63, 3.8) is 0 Å². The Morgan fingerprint density at radius 3 is 2.36 bits per heavy atom. The highest BCUT2D eigenvalue weighted by atomic mass is 32.1. The lowest BCUT2D eigenvalue weighted by Gasteiger charge is -2.29. The Morgan fingerprint density at radius 2 is 1.58 bits per heavy atom. The maximum Gasteiger partial charge on any atom is 0.435 e. The largest absolute Gasteiger partial charge is 0.871 e. The van der Waals surface area contributed by atoms with E-state index in [2.05, 4.69) is 13.8 Å². The van der Waals surface area contributed by atoms with E-state index < -0.39 is 0 Å². The first-order valence-electron chi connectivity index (χ1n) is 15.2. The molecule has 0 saturated heterocycles. The molecule has 9 heteroatoms. The molecule has 1 aliphatic heterocycles. The maximum absolute atomic E-state index is 13.2. The number of rotatable bonds is 8. The van der Waals surface area contributed by atoms with Crippen LogP contribution in [0.25, 0.3) is 22.7 Å². The summed E-state index contributed by atoms with van der Waals surface area (Å²) < 4.78 is 14.9. The van der Waals surface area contributed by atoms with Crippen LogP contribution in [0.2, 0.25) is 0 Å². The minimum absolute atomic E-state index is 0.0557. The molecule has 0 radical (unpaired) electrons. The van der Waals surface area contributed by atoms with Crippen molar-refractivity contribution in [2.45, 2.75) is 46.1 Å². The van der Waals surface area contributed by atoms with E-state index in [0.29, 0.717) is 45.3 Å². The number of unbranched alkanes of at least 4 members (excludes halogenated alkanes) is 2. The van der Waals surface area contributed by atoms with Crippen LogP contribution in [0.5, 0.6) is 5.75 Å². The van der Waals surface area contributed by atoms with Gasteiger partial charge in [-0.3, -0.25) is 19.0 Å². The van der Waals surface area contributed by atoms with Crippen molar-refractivity contribution >= 4 is 45.6 Å². The quantitative estimate of drug-likeness (QED) is 0.243. The fourth-order valence-electron chi connectivity index (χ4n) is 5.80. The summed E-state index contributed by atoms with van der Waals surface area (Å²) in [5.74, 6) is 0.827. The Bertz CT molecular complexity index is 2340. The zero-order chi connectivity index (χ0) is 31.2. The lowest BCUT2D eigenvalue weighted by Crippen LogP contribution is -2.49. The summed E-state index contributed by atoms with van der Waals surface area (Å²) in [5, 5.41) is 13.3. The molecule has 0 N–H and O–H groups in total. The molecule has 5 aromatic rings. The Labute approximate surface area is 261 Å². The number of carbonyl (C=O) groups excluding carboxylic acids is 1. The number of allylic oxidation sites excluding steroid dienone is 3. The van der Waals surface area contributed by atoms with E-state index >= 15 is 0 Å². The van der Waals surface area contributed by atoms with Crippen molar-refractivity contribution < 1.29 is 19.1 Å². The number of anilines is 1. The van der Waals surface area contributed by atoms with Gasteiger partial charge >= 0.3 is 11.5 Å². The molecular weight excluding hydrogens is 588 g/mol. The zero-order valence-electron chi connectivity index (χ0n) is 24.9. The molecule has 7 rings (SSSR count). The first-order chi connectivity index (χ1) is 21.9. The van der Waals surface area contributed by atoms with Gasteiger partial charge in [-0.2, -0.15) is 4.42 Å². The Kier molecular flexibility index (Phi) is 7.33. The minimum atomic E-state index is -0.380. The van der Waals surface area contributed by atoms with E-state index in [0.717, 1.165) is 48.2 Å². The van der Waals surface area contributed by atoms with Crippen LogP contribution in [-0.2, 0) is 11.3 Å². The number of benzene rings is 2. The van der Waals surface area contributed by atoms with Crippen molar-refractivity contribution in [3.05, 3.63) is 130 Å². The monoisotopic (exact) mass is 618 g/mol. The molecule has 0 fully saturated rings. The summed E-state index contributed by atoms with van der Waals surface area (Å²) in [5.41, 5.74) is 1.84. The average Bonchev–Trinajstić information content (AvgIpc) is 3.76. The van der Waals surface area contributed by atoms with E-state index in [1.807, 2.05) is 58.0 Å². The number of oxazole rings is 1. The molecule has 1 aliphatic carbocycles. The molecule has 0 unspecified atom stereocenters. The molecule has 0 atom stereocenters. The Hall–Kier alpha value is -5.02. The van der Waals surface area contributed by atoms with E-state index in [9.17, 15) is 19.5 Å². The van der Waals surface area contributed by atoms with Crippen LogP contribution < -0.4 is 35.4 Å². The van der Waals surface area contributed by atoms with Crippen molar-refractivity contribution in [1.29, 1.82) is 0 Å². The van der Waals surface area contributed by atoms with Crippen molar-refractivity contribution in [2.24, 2.45) is 0 Å². The predicted molar refractivity (Wildman–Crippen MR) is 173 cm³/mol. The van der Waals surface area contributed by atoms with Crippen LogP contribution in [0.1, 0.15) is 45.4 Å². The molecule has 45 heavy (non-hydrogen) atoms. The van der Waals surface area contributed by atoms with Gasteiger partial charge in [0.15, 0.2) is 17.0 Å². The third-order valence-electron chi connectivity index (χ3n) is 8.26. The summed E-state index contributed by atoms with van der Waals surface area (Å²) in [4.78, 5) is 41.6. The predicted octanol–water partition coefficient (Wildman–Crippen LogP) is 3.98. The zero-order valence-corrected chi connectivity index (χ0v) is 25.7. The molecule has 3 aromatic carbocycles. The molecule has 0 spiro atoms. The smallest absolute Gasteiger partial charge is 0.435 e. The number of aromatic nitrogens is 1. The summed E-state index contributed by atoms with van der Waals surface area (Å²) in [6.45, 7) is 5.60. The van der Waals surface area contributed by atoms with Gasteiger partial charge in [0, 0.05) is 45.4 Å². The first-order valence-corrected chi connectivity index (χ1v) is 16.0. The molecule has 3 heterocycles.